The largest absolute Gasteiger partial charge is 0.481 e. The van der Waals surface area contributed by atoms with Gasteiger partial charge in [-0.25, -0.2) is 0 Å². The van der Waals surface area contributed by atoms with E-state index in [0.29, 0.717) is 24.8 Å². The average molecular weight is 239 g/mol. The van der Waals surface area contributed by atoms with E-state index >= 15 is 0 Å². The zero-order chi connectivity index (χ0) is 13.3. The van der Waals surface area contributed by atoms with Crippen LogP contribution in [0.15, 0.2) is 0 Å². The normalized spacial score (nSPS) is 11.9. The molecule has 0 heterocycles. The molecule has 0 aliphatic rings. The summed E-state index contributed by atoms with van der Waals surface area (Å²) in [5, 5.41) is 11.4. The van der Waals surface area contributed by atoms with Crippen LogP contribution in [0.3, 0.4) is 0 Å². The standard InChI is InChI=1S/C13H21NO3/c1-4-5-12(15)14-9-8-11(10(2)3)6-7-13(16)17/h1,10-11H,5-9H2,2-3H3,(H,14,15)(H,16,17). The molecule has 2 N–H and O–H groups in total. The van der Waals surface area contributed by atoms with Gasteiger partial charge in [0.1, 0.15) is 0 Å². The molecule has 1 unspecified atom stereocenters. The minimum Gasteiger partial charge on any atom is -0.481 e. The summed E-state index contributed by atoms with van der Waals surface area (Å²) in [6, 6.07) is 0. The predicted molar refractivity (Wildman–Crippen MR) is 66.3 cm³/mol. The van der Waals surface area contributed by atoms with E-state index in [9.17, 15) is 9.59 Å². The molecule has 0 rings (SSSR count). The monoisotopic (exact) mass is 239 g/mol. The molecule has 0 saturated carbocycles. The Morgan fingerprint density at radius 1 is 1.35 bits per heavy atom. The number of hydrogen-bond donors (Lipinski definition) is 2. The Balaban J connectivity index is 3.89. The zero-order valence-electron chi connectivity index (χ0n) is 10.5. The van der Waals surface area contributed by atoms with Gasteiger partial charge in [-0.2, -0.15) is 0 Å². The minimum absolute atomic E-state index is 0.0987. The molecule has 1 atom stereocenters. The number of amides is 1. The van der Waals surface area contributed by atoms with Crippen molar-refractivity contribution >= 4 is 11.9 Å². The van der Waals surface area contributed by atoms with E-state index in [1.807, 2.05) is 0 Å². The van der Waals surface area contributed by atoms with Crippen molar-refractivity contribution in [2.75, 3.05) is 6.54 Å². The Bertz CT molecular complexity index is 292. The third-order valence-electron chi connectivity index (χ3n) is 2.77. The second-order valence-corrected chi connectivity index (χ2v) is 4.46. The molecule has 0 bridgehead atoms. The van der Waals surface area contributed by atoms with Gasteiger partial charge >= 0.3 is 5.97 Å². The lowest BCUT2D eigenvalue weighted by Gasteiger charge is -2.20. The van der Waals surface area contributed by atoms with Gasteiger partial charge in [0.05, 0.1) is 6.42 Å². The molecule has 4 heteroatoms. The van der Waals surface area contributed by atoms with Gasteiger partial charge in [0.2, 0.25) is 5.91 Å². The van der Waals surface area contributed by atoms with Crippen LogP contribution >= 0.6 is 0 Å². The summed E-state index contributed by atoms with van der Waals surface area (Å²) in [5.74, 6) is 2.09. The maximum absolute atomic E-state index is 11.1. The average Bonchev–Trinajstić information content (AvgIpc) is 2.22. The summed E-state index contributed by atoms with van der Waals surface area (Å²) in [5.41, 5.74) is 0. The first-order valence-electron chi connectivity index (χ1n) is 5.89. The topological polar surface area (TPSA) is 66.4 Å². The van der Waals surface area contributed by atoms with E-state index in [4.69, 9.17) is 11.5 Å². The summed E-state index contributed by atoms with van der Waals surface area (Å²) in [6.45, 7) is 4.69. The van der Waals surface area contributed by atoms with Crippen LogP contribution in [0.4, 0.5) is 0 Å². The summed E-state index contributed by atoms with van der Waals surface area (Å²) in [6.07, 6.45) is 6.74. The SMILES string of the molecule is C#CCC(=O)NCCC(CCC(=O)O)C(C)C. The van der Waals surface area contributed by atoms with Crippen LogP contribution in [-0.4, -0.2) is 23.5 Å². The molecule has 4 nitrogen and oxygen atoms in total. The van der Waals surface area contributed by atoms with Crippen molar-refractivity contribution in [3.05, 3.63) is 0 Å². The lowest BCUT2D eigenvalue weighted by atomic mass is 9.88. The predicted octanol–water partition coefficient (Wildman–Crippen LogP) is 1.65. The van der Waals surface area contributed by atoms with Gasteiger partial charge in [-0.1, -0.05) is 19.8 Å². The molecule has 0 saturated heterocycles. The molecule has 17 heavy (non-hydrogen) atoms. The van der Waals surface area contributed by atoms with Crippen molar-refractivity contribution < 1.29 is 14.7 Å². The highest BCUT2D eigenvalue weighted by Gasteiger charge is 2.14. The van der Waals surface area contributed by atoms with Crippen molar-refractivity contribution in [3.8, 4) is 12.3 Å². The molecule has 0 spiro atoms. The molecule has 0 aromatic heterocycles. The quantitative estimate of drug-likeness (QED) is 0.633. The van der Waals surface area contributed by atoms with Gasteiger partial charge < -0.3 is 10.4 Å². The Morgan fingerprint density at radius 2 is 2.00 bits per heavy atom. The number of carbonyl (C=O) groups excluding carboxylic acids is 1. The number of rotatable bonds is 8. The molecule has 0 aliphatic carbocycles. The van der Waals surface area contributed by atoms with Gasteiger partial charge in [-0.15, -0.1) is 6.42 Å². The van der Waals surface area contributed by atoms with Crippen LogP contribution in [-0.2, 0) is 9.59 Å². The van der Waals surface area contributed by atoms with E-state index in [0.717, 1.165) is 6.42 Å². The van der Waals surface area contributed by atoms with Crippen LogP contribution in [0.5, 0.6) is 0 Å². The van der Waals surface area contributed by atoms with Gasteiger partial charge in [-0.05, 0) is 24.7 Å². The van der Waals surface area contributed by atoms with Crippen molar-refractivity contribution in [1.82, 2.24) is 5.32 Å². The highest BCUT2D eigenvalue weighted by Crippen LogP contribution is 2.20. The number of carboxylic acid groups (broad SMARTS) is 1. The summed E-state index contributed by atoms with van der Waals surface area (Å²) < 4.78 is 0. The molecular weight excluding hydrogens is 218 g/mol. The lowest BCUT2D eigenvalue weighted by molar-refractivity contribution is -0.137. The molecule has 96 valence electrons. The van der Waals surface area contributed by atoms with Crippen LogP contribution < -0.4 is 5.32 Å². The maximum atomic E-state index is 11.1. The van der Waals surface area contributed by atoms with Crippen molar-refractivity contribution in [2.45, 2.75) is 39.5 Å². The van der Waals surface area contributed by atoms with Crippen LogP contribution in [0.1, 0.15) is 39.5 Å². The van der Waals surface area contributed by atoms with Crippen LogP contribution in [0.25, 0.3) is 0 Å². The summed E-state index contributed by atoms with van der Waals surface area (Å²) in [4.78, 5) is 21.6. The first-order valence-corrected chi connectivity index (χ1v) is 5.89. The van der Waals surface area contributed by atoms with E-state index < -0.39 is 5.97 Å². The Labute approximate surface area is 103 Å². The molecule has 0 aromatic carbocycles. The maximum Gasteiger partial charge on any atom is 0.303 e. The zero-order valence-corrected chi connectivity index (χ0v) is 10.5. The van der Waals surface area contributed by atoms with E-state index in [1.165, 1.54) is 0 Å². The fraction of sp³-hybridized carbons (Fsp3) is 0.692. The van der Waals surface area contributed by atoms with Gasteiger partial charge in [-0.3, -0.25) is 9.59 Å². The van der Waals surface area contributed by atoms with Gasteiger partial charge in [0.15, 0.2) is 0 Å². The number of hydrogen-bond acceptors (Lipinski definition) is 2. The number of carbonyl (C=O) groups is 2. The number of nitrogens with one attached hydrogen (secondary N) is 1. The first kappa shape index (κ1) is 15.5. The highest BCUT2D eigenvalue weighted by atomic mass is 16.4. The van der Waals surface area contributed by atoms with E-state index in [1.54, 1.807) is 0 Å². The molecule has 0 aliphatic heterocycles. The molecule has 1 amide bonds. The molecular formula is C13H21NO3. The number of terminal acetylenes is 1. The minimum atomic E-state index is -0.771. The van der Waals surface area contributed by atoms with Crippen molar-refractivity contribution in [1.29, 1.82) is 0 Å². The third kappa shape index (κ3) is 8.32. The Hall–Kier alpha value is -1.50. The van der Waals surface area contributed by atoms with E-state index in [2.05, 4.69) is 25.1 Å². The van der Waals surface area contributed by atoms with Gasteiger partial charge in [0, 0.05) is 13.0 Å². The fourth-order valence-electron chi connectivity index (χ4n) is 1.67. The lowest BCUT2D eigenvalue weighted by Crippen LogP contribution is -2.26. The number of aliphatic carboxylic acids is 1. The van der Waals surface area contributed by atoms with Gasteiger partial charge in [0.25, 0.3) is 0 Å². The fourth-order valence-corrected chi connectivity index (χ4v) is 1.67. The summed E-state index contributed by atoms with van der Waals surface area (Å²) >= 11 is 0. The van der Waals surface area contributed by atoms with Crippen molar-refractivity contribution in [3.63, 3.8) is 0 Å². The highest BCUT2D eigenvalue weighted by molar-refractivity contribution is 5.78. The Kier molecular flexibility index (Phi) is 7.87. The first-order chi connectivity index (χ1) is 7.97. The van der Waals surface area contributed by atoms with Crippen LogP contribution in [0, 0.1) is 24.2 Å². The second-order valence-electron chi connectivity index (χ2n) is 4.46. The van der Waals surface area contributed by atoms with Crippen LogP contribution in [0.2, 0.25) is 0 Å². The second kappa shape index (κ2) is 8.63. The smallest absolute Gasteiger partial charge is 0.303 e. The van der Waals surface area contributed by atoms with Crippen molar-refractivity contribution in [2.24, 2.45) is 11.8 Å². The molecule has 0 radical (unpaired) electrons. The third-order valence-corrected chi connectivity index (χ3v) is 2.77. The Morgan fingerprint density at radius 3 is 2.47 bits per heavy atom. The van der Waals surface area contributed by atoms with E-state index in [-0.39, 0.29) is 18.7 Å². The summed E-state index contributed by atoms with van der Waals surface area (Å²) in [7, 11) is 0. The molecule has 0 aromatic rings. The number of carboxylic acids is 1. The molecule has 0 fully saturated rings.